The van der Waals surface area contributed by atoms with Gasteiger partial charge in [0.1, 0.15) is 11.2 Å². The van der Waals surface area contributed by atoms with Gasteiger partial charge < -0.3 is 19.5 Å². The second-order valence-corrected chi connectivity index (χ2v) is 6.62. The van der Waals surface area contributed by atoms with Gasteiger partial charge in [-0.25, -0.2) is 0 Å². The highest BCUT2D eigenvalue weighted by Crippen LogP contribution is 2.33. The van der Waals surface area contributed by atoms with Crippen LogP contribution in [0.5, 0.6) is 5.75 Å². The molecule has 0 radical (unpaired) electrons. The van der Waals surface area contributed by atoms with Crippen LogP contribution in [-0.4, -0.2) is 55.8 Å². The molecule has 1 aliphatic rings. The summed E-state index contributed by atoms with van der Waals surface area (Å²) in [5.41, 5.74) is -0.0903. The van der Waals surface area contributed by atoms with Crippen LogP contribution in [0.2, 0.25) is 0 Å². The average molecular weight is 349 g/mol. The summed E-state index contributed by atoms with van der Waals surface area (Å²) in [7, 11) is 3.10. The molecule has 0 aromatic heterocycles. The fourth-order valence-electron chi connectivity index (χ4n) is 3.56. The number of likely N-dealkylation sites (tertiary alicyclic amines) is 1. The minimum absolute atomic E-state index is 0.0194. The molecule has 1 heterocycles. The number of hydrogen-bond donors (Lipinski definition) is 1. The average Bonchev–Trinajstić information content (AvgIpc) is 2.63. The normalized spacial score (nSPS) is 21.6. The maximum absolute atomic E-state index is 13.1. The van der Waals surface area contributed by atoms with Crippen molar-refractivity contribution in [2.75, 3.05) is 33.9 Å². The Morgan fingerprint density at radius 2 is 1.96 bits per heavy atom. The number of piperidine rings is 1. The van der Waals surface area contributed by atoms with Crippen LogP contribution in [-0.2, 0) is 14.3 Å². The van der Waals surface area contributed by atoms with Crippen molar-refractivity contribution < 1.29 is 24.2 Å². The van der Waals surface area contributed by atoms with Gasteiger partial charge in [0.05, 0.1) is 19.6 Å². The van der Waals surface area contributed by atoms with Gasteiger partial charge in [-0.15, -0.1) is 0 Å². The molecule has 2 rings (SSSR count). The van der Waals surface area contributed by atoms with Crippen molar-refractivity contribution in [1.29, 1.82) is 0 Å². The van der Waals surface area contributed by atoms with Crippen molar-refractivity contribution in [2.24, 2.45) is 5.41 Å². The first-order valence-electron chi connectivity index (χ1n) is 8.62. The van der Waals surface area contributed by atoms with Crippen molar-refractivity contribution in [3.8, 4) is 5.75 Å². The number of benzene rings is 1. The Morgan fingerprint density at radius 3 is 2.48 bits per heavy atom. The highest BCUT2D eigenvalue weighted by Gasteiger charge is 2.44. The molecule has 1 N–H and O–H groups in total. The Morgan fingerprint density at radius 1 is 1.28 bits per heavy atom. The van der Waals surface area contributed by atoms with Crippen LogP contribution < -0.4 is 4.74 Å². The molecule has 6 heteroatoms. The first-order chi connectivity index (χ1) is 12.0. The molecule has 2 unspecified atom stereocenters. The maximum atomic E-state index is 13.1. The smallest absolute Gasteiger partial charge is 0.313 e. The molecule has 0 aliphatic carbocycles. The summed E-state index contributed by atoms with van der Waals surface area (Å²) in [6, 6.07) is 7.48. The second kappa shape index (κ2) is 8.34. The molecule has 1 fully saturated rings. The minimum atomic E-state index is -1.01. The zero-order valence-corrected chi connectivity index (χ0v) is 15.2. The summed E-state index contributed by atoms with van der Waals surface area (Å²) >= 11 is 0. The second-order valence-electron chi connectivity index (χ2n) is 6.62. The SMILES string of the molecule is CCC(C(=O)N1CCCC(COC)(C(=O)O)C1)c1ccc(OC)cc1. The first kappa shape index (κ1) is 19.2. The summed E-state index contributed by atoms with van der Waals surface area (Å²) < 4.78 is 10.3. The van der Waals surface area contributed by atoms with Crippen LogP contribution >= 0.6 is 0 Å². The lowest BCUT2D eigenvalue weighted by Crippen LogP contribution is -2.53. The fraction of sp³-hybridized carbons (Fsp3) is 0.579. The molecular weight excluding hydrogens is 322 g/mol. The van der Waals surface area contributed by atoms with E-state index in [1.807, 2.05) is 31.2 Å². The quantitative estimate of drug-likeness (QED) is 0.819. The largest absolute Gasteiger partial charge is 0.497 e. The number of carboxylic acid groups (broad SMARTS) is 1. The summed E-state index contributed by atoms with van der Waals surface area (Å²) in [5.74, 6) is -0.453. The van der Waals surface area contributed by atoms with E-state index in [1.165, 1.54) is 7.11 Å². The molecule has 138 valence electrons. The van der Waals surface area contributed by atoms with Crippen molar-refractivity contribution in [3.05, 3.63) is 29.8 Å². The van der Waals surface area contributed by atoms with Crippen molar-refractivity contribution in [3.63, 3.8) is 0 Å². The van der Waals surface area contributed by atoms with Crippen LogP contribution in [0.4, 0.5) is 0 Å². The molecule has 0 bridgehead atoms. The van der Waals surface area contributed by atoms with Gasteiger partial charge in [-0.05, 0) is 37.0 Å². The van der Waals surface area contributed by atoms with E-state index < -0.39 is 11.4 Å². The van der Waals surface area contributed by atoms with Crippen LogP contribution in [0.25, 0.3) is 0 Å². The third-order valence-corrected chi connectivity index (χ3v) is 4.99. The standard InChI is InChI=1S/C19H27NO5/c1-4-16(14-6-8-15(25-3)9-7-14)17(21)20-11-5-10-19(12-20,13-24-2)18(22)23/h6-9,16H,4-5,10-13H2,1-3H3,(H,22,23). The Bertz CT molecular complexity index is 596. The molecule has 0 spiro atoms. The van der Waals surface area contributed by atoms with Gasteiger partial charge >= 0.3 is 5.97 Å². The molecule has 0 saturated carbocycles. The van der Waals surface area contributed by atoms with Gasteiger partial charge in [0.15, 0.2) is 0 Å². The number of ether oxygens (including phenoxy) is 2. The first-order valence-corrected chi connectivity index (χ1v) is 8.62. The van der Waals surface area contributed by atoms with Crippen LogP contribution in [0.3, 0.4) is 0 Å². The summed E-state index contributed by atoms with van der Waals surface area (Å²) in [6.07, 6.45) is 1.85. The van der Waals surface area contributed by atoms with E-state index in [0.29, 0.717) is 25.8 Å². The number of aliphatic carboxylic acids is 1. The molecule has 1 amide bonds. The fourth-order valence-corrected chi connectivity index (χ4v) is 3.56. The Hall–Kier alpha value is -2.08. The number of carbonyl (C=O) groups excluding carboxylic acids is 1. The third kappa shape index (κ3) is 4.12. The topological polar surface area (TPSA) is 76.1 Å². The van der Waals surface area contributed by atoms with Gasteiger partial charge in [-0.1, -0.05) is 19.1 Å². The van der Waals surface area contributed by atoms with Crippen molar-refractivity contribution in [2.45, 2.75) is 32.1 Å². The Labute approximate surface area is 148 Å². The molecular formula is C19H27NO5. The number of methoxy groups -OCH3 is 2. The molecule has 25 heavy (non-hydrogen) atoms. The van der Waals surface area contributed by atoms with E-state index in [0.717, 1.165) is 11.3 Å². The predicted molar refractivity (Wildman–Crippen MR) is 93.8 cm³/mol. The number of carboxylic acids is 1. The van der Waals surface area contributed by atoms with Crippen LogP contribution in [0.15, 0.2) is 24.3 Å². The van der Waals surface area contributed by atoms with E-state index in [4.69, 9.17) is 9.47 Å². The molecule has 1 aliphatic heterocycles. The monoisotopic (exact) mass is 349 g/mol. The minimum Gasteiger partial charge on any atom is -0.497 e. The highest BCUT2D eigenvalue weighted by atomic mass is 16.5. The number of rotatable bonds is 7. The van der Waals surface area contributed by atoms with Crippen molar-refractivity contribution in [1.82, 2.24) is 4.90 Å². The third-order valence-electron chi connectivity index (χ3n) is 4.99. The van der Waals surface area contributed by atoms with E-state index in [2.05, 4.69) is 0 Å². The lowest BCUT2D eigenvalue weighted by atomic mass is 9.80. The number of nitrogens with zero attached hydrogens (tertiary/aromatic N) is 1. The summed E-state index contributed by atoms with van der Waals surface area (Å²) in [4.78, 5) is 26.5. The van der Waals surface area contributed by atoms with Gasteiger partial charge in [0.25, 0.3) is 0 Å². The number of hydrogen-bond acceptors (Lipinski definition) is 4. The molecule has 1 aromatic rings. The molecule has 2 atom stereocenters. The van der Waals surface area contributed by atoms with Gasteiger partial charge in [-0.2, -0.15) is 0 Å². The van der Waals surface area contributed by atoms with E-state index in [1.54, 1.807) is 12.0 Å². The van der Waals surface area contributed by atoms with Gasteiger partial charge in [0, 0.05) is 20.2 Å². The van der Waals surface area contributed by atoms with E-state index >= 15 is 0 Å². The number of carbonyl (C=O) groups is 2. The maximum Gasteiger partial charge on any atom is 0.313 e. The lowest BCUT2D eigenvalue weighted by molar-refractivity contribution is -0.159. The van der Waals surface area contributed by atoms with E-state index in [9.17, 15) is 14.7 Å². The predicted octanol–water partition coefficient (Wildman–Crippen LogP) is 2.53. The molecule has 6 nitrogen and oxygen atoms in total. The summed E-state index contributed by atoms with van der Waals surface area (Å²) in [6.45, 7) is 2.87. The van der Waals surface area contributed by atoms with Gasteiger partial charge in [0.2, 0.25) is 5.91 Å². The zero-order valence-electron chi connectivity index (χ0n) is 15.2. The molecule has 1 saturated heterocycles. The van der Waals surface area contributed by atoms with Crippen molar-refractivity contribution >= 4 is 11.9 Å². The summed E-state index contributed by atoms with van der Waals surface area (Å²) in [5, 5.41) is 9.66. The van der Waals surface area contributed by atoms with Crippen LogP contribution in [0.1, 0.15) is 37.7 Å². The van der Waals surface area contributed by atoms with Gasteiger partial charge in [-0.3, -0.25) is 9.59 Å². The van der Waals surface area contributed by atoms with E-state index in [-0.39, 0.29) is 25.0 Å². The Balaban J connectivity index is 2.19. The zero-order chi connectivity index (χ0) is 18.4. The Kier molecular flexibility index (Phi) is 6.42. The highest BCUT2D eigenvalue weighted by molar-refractivity contribution is 5.85. The lowest BCUT2D eigenvalue weighted by Gasteiger charge is -2.40. The van der Waals surface area contributed by atoms with Crippen LogP contribution in [0, 0.1) is 5.41 Å². The molecule has 1 aromatic carbocycles. The number of amides is 1.